The molecule has 1 atom stereocenters. The minimum Gasteiger partial charge on any atom is -0.508 e. The first kappa shape index (κ1) is 24.1. The van der Waals surface area contributed by atoms with E-state index in [0.717, 1.165) is 0 Å². The summed E-state index contributed by atoms with van der Waals surface area (Å²) in [6, 6.07) is 17.0. The van der Waals surface area contributed by atoms with Gasteiger partial charge in [-0.2, -0.15) is 0 Å². The third-order valence-corrected chi connectivity index (χ3v) is 7.02. The van der Waals surface area contributed by atoms with Crippen LogP contribution >= 0.6 is 0 Å². The van der Waals surface area contributed by atoms with Crippen LogP contribution in [-0.2, 0) is 16.8 Å². The van der Waals surface area contributed by atoms with E-state index in [-0.39, 0.29) is 52.2 Å². The molecule has 0 bridgehead atoms. The number of nitrogens with zero attached hydrogens (tertiary/aromatic N) is 1. The third kappa shape index (κ3) is 3.52. The van der Waals surface area contributed by atoms with E-state index in [1.54, 1.807) is 30.3 Å². The molecule has 0 aliphatic carbocycles. The average Bonchev–Trinajstić information content (AvgIpc) is 3.20. The maximum atomic E-state index is 13.2. The molecule has 2 aliphatic heterocycles. The Bertz CT molecular complexity index is 1700. The summed E-state index contributed by atoms with van der Waals surface area (Å²) in [5.41, 5.74) is 0.725. The summed E-state index contributed by atoms with van der Waals surface area (Å²) in [4.78, 5) is 24.7. The number of methoxy groups -OCH3 is 2. The van der Waals surface area contributed by atoms with Crippen molar-refractivity contribution in [3.05, 3.63) is 110 Å². The largest absolute Gasteiger partial charge is 0.508 e. The number of phenolic OH excluding ortho intramolecular Hbond substituents is 2. The van der Waals surface area contributed by atoms with E-state index in [1.807, 2.05) is 0 Å². The SMILES string of the molecule is COc1cc(Cc2cc(O)cc3c2C2(OC(=O)c4ccccc42)c2ccc(O)cc2O3)c([N+](=O)[O-])cc1OC. The van der Waals surface area contributed by atoms with Crippen molar-refractivity contribution in [2.45, 2.75) is 12.0 Å². The number of ether oxygens (including phenoxy) is 4. The zero-order chi connectivity index (χ0) is 27.5. The van der Waals surface area contributed by atoms with Crippen molar-refractivity contribution >= 4 is 11.7 Å². The lowest BCUT2D eigenvalue weighted by atomic mass is 9.75. The molecule has 2 aliphatic rings. The summed E-state index contributed by atoms with van der Waals surface area (Å²) >= 11 is 0. The number of hydrogen-bond acceptors (Lipinski definition) is 9. The molecular formula is C29H21NO9. The molecule has 0 saturated carbocycles. The maximum Gasteiger partial charge on any atom is 0.340 e. The van der Waals surface area contributed by atoms with Gasteiger partial charge in [0.05, 0.1) is 36.3 Å². The number of nitro groups is 1. The fraction of sp³-hybridized carbons (Fsp3) is 0.138. The van der Waals surface area contributed by atoms with Crippen molar-refractivity contribution in [1.82, 2.24) is 0 Å². The molecule has 10 nitrogen and oxygen atoms in total. The van der Waals surface area contributed by atoms with E-state index >= 15 is 0 Å². The lowest BCUT2D eigenvalue weighted by Crippen LogP contribution is -2.34. The highest BCUT2D eigenvalue weighted by molar-refractivity contribution is 5.97. The zero-order valence-corrected chi connectivity index (χ0v) is 20.8. The highest BCUT2D eigenvalue weighted by Crippen LogP contribution is 2.58. The summed E-state index contributed by atoms with van der Waals surface area (Å²) in [6.45, 7) is 0. The van der Waals surface area contributed by atoms with Gasteiger partial charge in [-0.3, -0.25) is 10.1 Å². The van der Waals surface area contributed by atoms with E-state index in [1.165, 1.54) is 50.6 Å². The topological polar surface area (TPSA) is 138 Å². The van der Waals surface area contributed by atoms with E-state index < -0.39 is 16.5 Å². The van der Waals surface area contributed by atoms with Crippen LogP contribution in [0.4, 0.5) is 5.69 Å². The molecule has 1 unspecified atom stereocenters. The Labute approximate surface area is 221 Å². The first-order valence-electron chi connectivity index (χ1n) is 11.9. The molecule has 4 aromatic rings. The van der Waals surface area contributed by atoms with Gasteiger partial charge in [0, 0.05) is 35.2 Å². The minimum absolute atomic E-state index is 0.0500. The van der Waals surface area contributed by atoms with Crippen molar-refractivity contribution in [1.29, 1.82) is 0 Å². The number of phenols is 2. The van der Waals surface area contributed by atoms with E-state index in [0.29, 0.717) is 27.8 Å². The molecule has 2 N–H and O–H groups in total. The second-order valence-corrected chi connectivity index (χ2v) is 9.15. The summed E-state index contributed by atoms with van der Waals surface area (Å²) in [5, 5.41) is 32.9. The first-order valence-corrected chi connectivity index (χ1v) is 11.9. The van der Waals surface area contributed by atoms with Crippen LogP contribution in [0.2, 0.25) is 0 Å². The summed E-state index contributed by atoms with van der Waals surface area (Å²) < 4.78 is 22.9. The lowest BCUT2D eigenvalue weighted by molar-refractivity contribution is -0.385. The van der Waals surface area contributed by atoms with Crippen LogP contribution in [0.1, 0.15) is 38.2 Å². The van der Waals surface area contributed by atoms with E-state index in [9.17, 15) is 25.1 Å². The van der Waals surface area contributed by atoms with Crippen molar-refractivity contribution < 1.29 is 38.9 Å². The molecular weight excluding hydrogens is 506 g/mol. The number of fused-ring (bicyclic) bond motifs is 6. The fourth-order valence-electron chi connectivity index (χ4n) is 5.45. The number of nitro benzene ring substituents is 1. The second kappa shape index (κ2) is 8.66. The van der Waals surface area contributed by atoms with Crippen LogP contribution in [0.25, 0.3) is 0 Å². The lowest BCUT2D eigenvalue weighted by Gasteiger charge is -2.38. The number of hydrogen-bond donors (Lipinski definition) is 2. The Hall–Kier alpha value is -5.25. The van der Waals surface area contributed by atoms with Crippen LogP contribution in [0.15, 0.2) is 66.7 Å². The smallest absolute Gasteiger partial charge is 0.340 e. The molecule has 0 fully saturated rings. The molecule has 1 spiro atoms. The van der Waals surface area contributed by atoms with E-state index in [4.69, 9.17) is 18.9 Å². The summed E-state index contributed by atoms with van der Waals surface area (Å²) in [5.74, 6) is 0.106. The van der Waals surface area contributed by atoms with Crippen molar-refractivity contribution in [2.75, 3.05) is 14.2 Å². The van der Waals surface area contributed by atoms with Crippen LogP contribution in [0.3, 0.4) is 0 Å². The van der Waals surface area contributed by atoms with Gasteiger partial charge in [-0.05, 0) is 35.9 Å². The van der Waals surface area contributed by atoms with Gasteiger partial charge < -0.3 is 29.2 Å². The quantitative estimate of drug-likeness (QED) is 0.204. The Morgan fingerprint density at radius 1 is 0.872 bits per heavy atom. The molecule has 0 aromatic heterocycles. The second-order valence-electron chi connectivity index (χ2n) is 9.15. The number of carbonyl (C=O) groups excluding carboxylic acids is 1. The predicted molar refractivity (Wildman–Crippen MR) is 137 cm³/mol. The van der Waals surface area contributed by atoms with Crippen molar-refractivity contribution in [2.24, 2.45) is 0 Å². The van der Waals surface area contributed by atoms with Gasteiger partial charge in [0.1, 0.15) is 23.0 Å². The van der Waals surface area contributed by atoms with E-state index in [2.05, 4.69) is 0 Å². The third-order valence-electron chi connectivity index (χ3n) is 7.02. The molecule has 39 heavy (non-hydrogen) atoms. The molecule has 0 amide bonds. The fourth-order valence-corrected chi connectivity index (χ4v) is 5.45. The number of esters is 1. The van der Waals surface area contributed by atoms with Gasteiger partial charge >= 0.3 is 5.97 Å². The predicted octanol–water partition coefficient (Wildman–Crippen LogP) is 5.18. The minimum atomic E-state index is -1.50. The van der Waals surface area contributed by atoms with Gasteiger partial charge in [-0.25, -0.2) is 4.79 Å². The number of rotatable bonds is 5. The van der Waals surface area contributed by atoms with Gasteiger partial charge in [-0.15, -0.1) is 0 Å². The number of benzene rings is 4. The Morgan fingerprint density at radius 3 is 2.33 bits per heavy atom. The molecule has 6 rings (SSSR count). The van der Waals surface area contributed by atoms with Crippen molar-refractivity contribution in [3.63, 3.8) is 0 Å². The number of aromatic hydroxyl groups is 2. The molecule has 196 valence electrons. The van der Waals surface area contributed by atoms with Crippen LogP contribution in [0.5, 0.6) is 34.5 Å². The molecule has 2 heterocycles. The molecule has 0 saturated heterocycles. The van der Waals surface area contributed by atoms with Gasteiger partial charge in [0.15, 0.2) is 17.1 Å². The molecule has 10 heteroatoms. The average molecular weight is 527 g/mol. The van der Waals surface area contributed by atoms with Crippen LogP contribution in [-0.4, -0.2) is 35.3 Å². The highest BCUT2D eigenvalue weighted by atomic mass is 16.6. The molecule has 4 aromatic carbocycles. The first-order chi connectivity index (χ1) is 18.8. The maximum absolute atomic E-state index is 13.2. The normalized spacial score (nSPS) is 16.5. The van der Waals surface area contributed by atoms with Crippen LogP contribution in [0, 0.1) is 10.1 Å². The Balaban J connectivity index is 1.65. The zero-order valence-electron chi connectivity index (χ0n) is 20.8. The molecule has 0 radical (unpaired) electrons. The number of carbonyl (C=O) groups is 1. The van der Waals surface area contributed by atoms with Gasteiger partial charge in [0.25, 0.3) is 5.69 Å². The summed E-state index contributed by atoms with van der Waals surface area (Å²) in [6.07, 6.45) is -0.0500. The Morgan fingerprint density at radius 2 is 1.59 bits per heavy atom. The standard InChI is InChI=1S/C29H21NO9/c1-36-24-11-15(22(30(34)35)14-25(24)37-2)9-16-10-18(32)13-26-27(16)29(21-8-7-17(31)12-23(21)38-26)20-6-4-3-5-19(20)28(33)39-29/h3-8,10-14,31-32H,9H2,1-2H3. The van der Waals surface area contributed by atoms with Crippen LogP contribution < -0.4 is 14.2 Å². The summed E-state index contributed by atoms with van der Waals surface area (Å²) in [7, 11) is 2.81. The van der Waals surface area contributed by atoms with Gasteiger partial charge in [0.2, 0.25) is 0 Å². The van der Waals surface area contributed by atoms with Crippen molar-refractivity contribution in [3.8, 4) is 34.5 Å². The Kier molecular flexibility index (Phi) is 5.35. The monoisotopic (exact) mass is 527 g/mol. The highest BCUT2D eigenvalue weighted by Gasteiger charge is 2.54. The van der Waals surface area contributed by atoms with Gasteiger partial charge in [-0.1, -0.05) is 18.2 Å².